The lowest BCUT2D eigenvalue weighted by Gasteiger charge is -2.07. The van der Waals surface area contributed by atoms with E-state index in [1.165, 1.54) is 0 Å². The van der Waals surface area contributed by atoms with Crippen LogP contribution in [0, 0.1) is 0 Å². The van der Waals surface area contributed by atoms with E-state index in [0.29, 0.717) is 22.4 Å². The third kappa shape index (κ3) is 6.89. The van der Waals surface area contributed by atoms with Gasteiger partial charge in [0.05, 0.1) is 22.7 Å². The van der Waals surface area contributed by atoms with Crippen LogP contribution in [0.15, 0.2) is 76.3 Å². The minimum atomic E-state index is -0.176. The first-order chi connectivity index (χ1) is 14.0. The number of nitrogens with zero attached hydrogens (tertiary/aromatic N) is 1. The molecule has 148 valence electrons. The molecule has 3 rings (SSSR count). The number of carbonyl (C=O) groups excluding carboxylic acids is 1. The minimum Gasteiger partial charge on any atom is -0.489 e. The highest BCUT2D eigenvalue weighted by Gasteiger charge is 2.03. The summed E-state index contributed by atoms with van der Waals surface area (Å²) in [6.45, 7) is 0.385. The molecule has 0 bridgehead atoms. The van der Waals surface area contributed by atoms with E-state index in [1.54, 1.807) is 18.3 Å². The molecular weight excluding hydrogens is 475 g/mol. The van der Waals surface area contributed by atoms with Gasteiger partial charge in [-0.25, -0.2) is 5.43 Å². The predicted molar refractivity (Wildman–Crippen MR) is 121 cm³/mol. The molecule has 0 radical (unpaired) electrons. The van der Waals surface area contributed by atoms with Crippen LogP contribution in [0.5, 0.6) is 5.75 Å². The van der Waals surface area contributed by atoms with Gasteiger partial charge in [-0.3, -0.25) is 4.79 Å². The number of hydrogen-bond acceptors (Lipinski definition) is 3. The number of hydrazone groups is 1. The summed E-state index contributed by atoms with van der Waals surface area (Å²) in [5, 5.41) is 5.01. The van der Waals surface area contributed by atoms with Crippen molar-refractivity contribution < 1.29 is 9.53 Å². The predicted octanol–water partition coefficient (Wildman–Crippen LogP) is 6.03. The summed E-state index contributed by atoms with van der Waals surface area (Å²) in [5.41, 5.74) is 5.22. The van der Waals surface area contributed by atoms with Crippen LogP contribution in [-0.2, 0) is 17.8 Å². The molecule has 0 heterocycles. The van der Waals surface area contributed by atoms with Gasteiger partial charge in [0.15, 0.2) is 0 Å². The smallest absolute Gasteiger partial charge is 0.244 e. The Labute approximate surface area is 187 Å². The fourth-order valence-corrected chi connectivity index (χ4v) is 3.04. The molecule has 3 aromatic rings. The molecule has 0 aliphatic carbocycles. The molecule has 0 fully saturated rings. The fourth-order valence-electron chi connectivity index (χ4n) is 2.45. The van der Waals surface area contributed by atoms with E-state index in [0.717, 1.165) is 21.2 Å². The van der Waals surface area contributed by atoms with Crippen molar-refractivity contribution in [1.29, 1.82) is 0 Å². The number of ether oxygens (including phenoxy) is 1. The lowest BCUT2D eigenvalue weighted by Crippen LogP contribution is -2.19. The molecule has 0 saturated carbocycles. The average molecular weight is 492 g/mol. The van der Waals surface area contributed by atoms with Crippen LogP contribution >= 0.6 is 39.1 Å². The van der Waals surface area contributed by atoms with E-state index in [1.807, 2.05) is 54.6 Å². The van der Waals surface area contributed by atoms with Gasteiger partial charge in [-0.05, 0) is 65.2 Å². The maximum Gasteiger partial charge on any atom is 0.244 e. The van der Waals surface area contributed by atoms with Crippen molar-refractivity contribution in [2.45, 2.75) is 13.0 Å². The standard InChI is InChI=1S/C22H17BrCl2N2O2/c23-18-6-1-15(2-7-18)12-22(28)27-26-13-16-3-8-19(9-4-16)29-14-17-5-10-20(24)21(25)11-17/h1-11,13H,12,14H2,(H,27,28)/b26-13-. The summed E-state index contributed by atoms with van der Waals surface area (Å²) in [5.74, 6) is 0.539. The highest BCUT2D eigenvalue weighted by atomic mass is 79.9. The summed E-state index contributed by atoms with van der Waals surface area (Å²) < 4.78 is 6.72. The summed E-state index contributed by atoms with van der Waals surface area (Å²) in [4.78, 5) is 11.9. The van der Waals surface area contributed by atoms with Crippen LogP contribution in [0.3, 0.4) is 0 Å². The Bertz CT molecular complexity index is 1010. The number of nitrogens with one attached hydrogen (secondary N) is 1. The van der Waals surface area contributed by atoms with E-state index in [2.05, 4.69) is 26.5 Å². The van der Waals surface area contributed by atoms with Gasteiger partial charge in [0, 0.05) is 4.47 Å². The lowest BCUT2D eigenvalue weighted by atomic mass is 10.1. The van der Waals surface area contributed by atoms with Gasteiger partial charge in [0.2, 0.25) is 5.91 Å². The Morgan fingerprint density at radius 1 is 0.966 bits per heavy atom. The molecule has 29 heavy (non-hydrogen) atoms. The zero-order chi connectivity index (χ0) is 20.6. The number of carbonyl (C=O) groups is 1. The number of amides is 1. The zero-order valence-electron chi connectivity index (χ0n) is 15.2. The molecule has 1 N–H and O–H groups in total. The lowest BCUT2D eigenvalue weighted by molar-refractivity contribution is -0.120. The van der Waals surface area contributed by atoms with Crippen LogP contribution in [0.25, 0.3) is 0 Å². The summed E-state index contributed by atoms with van der Waals surface area (Å²) in [6.07, 6.45) is 1.86. The average Bonchev–Trinajstić information content (AvgIpc) is 2.71. The first-order valence-electron chi connectivity index (χ1n) is 8.73. The molecule has 7 heteroatoms. The Morgan fingerprint density at radius 3 is 2.34 bits per heavy atom. The molecule has 1 amide bonds. The van der Waals surface area contributed by atoms with Gasteiger partial charge in [0.25, 0.3) is 0 Å². The minimum absolute atomic E-state index is 0.176. The molecular formula is C22H17BrCl2N2O2. The van der Waals surface area contributed by atoms with Crippen LogP contribution in [-0.4, -0.2) is 12.1 Å². The highest BCUT2D eigenvalue weighted by molar-refractivity contribution is 9.10. The Hall–Kier alpha value is -2.34. The second-order valence-corrected chi connectivity index (χ2v) is 7.93. The SMILES string of the molecule is O=C(Cc1ccc(Br)cc1)N/N=C\c1ccc(OCc2ccc(Cl)c(Cl)c2)cc1. The molecule has 0 spiro atoms. The van der Waals surface area contributed by atoms with Crippen molar-refractivity contribution >= 4 is 51.3 Å². The summed E-state index contributed by atoms with van der Waals surface area (Å²) in [7, 11) is 0. The molecule has 0 aliphatic heterocycles. The van der Waals surface area contributed by atoms with Gasteiger partial charge in [-0.1, -0.05) is 57.3 Å². The normalized spacial score (nSPS) is 10.9. The maximum atomic E-state index is 11.9. The van der Waals surface area contributed by atoms with Crippen LogP contribution in [0.1, 0.15) is 16.7 Å². The monoisotopic (exact) mass is 490 g/mol. The maximum absolute atomic E-state index is 11.9. The highest BCUT2D eigenvalue weighted by Crippen LogP contribution is 2.23. The van der Waals surface area contributed by atoms with E-state index in [4.69, 9.17) is 27.9 Å². The molecule has 0 aromatic heterocycles. The van der Waals surface area contributed by atoms with Crippen molar-refractivity contribution in [2.75, 3.05) is 0 Å². The number of benzene rings is 3. The summed E-state index contributed by atoms with van der Waals surface area (Å²) >= 11 is 15.3. The Morgan fingerprint density at radius 2 is 1.66 bits per heavy atom. The Balaban J connectivity index is 1.47. The molecule has 0 aliphatic rings. The van der Waals surface area contributed by atoms with Crippen molar-refractivity contribution in [2.24, 2.45) is 5.10 Å². The third-order valence-corrected chi connectivity index (χ3v) is 5.22. The second kappa shape index (κ2) is 10.4. The topological polar surface area (TPSA) is 50.7 Å². The van der Waals surface area contributed by atoms with Crippen LogP contribution in [0.4, 0.5) is 0 Å². The van der Waals surface area contributed by atoms with Crippen LogP contribution in [0.2, 0.25) is 10.0 Å². The number of rotatable bonds is 7. The molecule has 0 atom stereocenters. The van der Waals surface area contributed by atoms with E-state index in [9.17, 15) is 4.79 Å². The van der Waals surface area contributed by atoms with Crippen molar-refractivity contribution in [3.05, 3.63) is 97.9 Å². The first kappa shape index (κ1) is 21.4. The van der Waals surface area contributed by atoms with Gasteiger partial charge < -0.3 is 4.74 Å². The zero-order valence-corrected chi connectivity index (χ0v) is 18.3. The second-order valence-electron chi connectivity index (χ2n) is 6.20. The third-order valence-electron chi connectivity index (χ3n) is 3.95. The van der Waals surface area contributed by atoms with Crippen molar-refractivity contribution in [3.63, 3.8) is 0 Å². The van der Waals surface area contributed by atoms with E-state index in [-0.39, 0.29) is 12.3 Å². The Kier molecular flexibility index (Phi) is 7.69. The first-order valence-corrected chi connectivity index (χ1v) is 10.3. The quantitative estimate of drug-likeness (QED) is 0.324. The van der Waals surface area contributed by atoms with Gasteiger partial charge in [-0.15, -0.1) is 0 Å². The summed E-state index contributed by atoms with van der Waals surface area (Å²) in [6, 6.07) is 20.4. The largest absolute Gasteiger partial charge is 0.489 e. The van der Waals surface area contributed by atoms with E-state index < -0.39 is 0 Å². The van der Waals surface area contributed by atoms with Crippen LogP contribution < -0.4 is 10.2 Å². The van der Waals surface area contributed by atoms with Crippen molar-refractivity contribution in [1.82, 2.24) is 5.43 Å². The van der Waals surface area contributed by atoms with E-state index >= 15 is 0 Å². The van der Waals surface area contributed by atoms with Crippen molar-refractivity contribution in [3.8, 4) is 5.75 Å². The molecule has 3 aromatic carbocycles. The molecule has 4 nitrogen and oxygen atoms in total. The number of hydrogen-bond donors (Lipinski definition) is 1. The van der Waals surface area contributed by atoms with Gasteiger partial charge in [-0.2, -0.15) is 5.10 Å². The molecule has 0 unspecified atom stereocenters. The van der Waals surface area contributed by atoms with Gasteiger partial charge >= 0.3 is 0 Å². The van der Waals surface area contributed by atoms with Gasteiger partial charge in [0.1, 0.15) is 12.4 Å². The molecule has 0 saturated heterocycles. The fraction of sp³-hybridized carbons (Fsp3) is 0.0909. The number of halogens is 3.